The summed E-state index contributed by atoms with van der Waals surface area (Å²) < 4.78 is 5.77. The number of benzene rings is 1. The van der Waals surface area contributed by atoms with Crippen molar-refractivity contribution in [2.75, 3.05) is 19.7 Å². The van der Waals surface area contributed by atoms with E-state index in [2.05, 4.69) is 43.4 Å². The minimum absolute atomic E-state index is 0.294. The smallest absolute Gasteiger partial charge is 0.0729 e. The number of morpholine rings is 1. The number of ether oxygens (including phenoxy) is 1. The Kier molecular flexibility index (Phi) is 4.87. The van der Waals surface area contributed by atoms with Crippen molar-refractivity contribution in [1.29, 1.82) is 0 Å². The Morgan fingerprint density at radius 1 is 1.44 bits per heavy atom. The van der Waals surface area contributed by atoms with Crippen molar-refractivity contribution in [2.24, 2.45) is 5.92 Å². The van der Waals surface area contributed by atoms with Crippen molar-refractivity contribution in [1.82, 2.24) is 5.32 Å². The fraction of sp³-hybridized carbons (Fsp3) is 0.533. The maximum absolute atomic E-state index is 5.77. The van der Waals surface area contributed by atoms with Crippen molar-refractivity contribution < 1.29 is 4.74 Å². The molecule has 98 valence electrons. The Hall–Kier alpha value is -0.770. The van der Waals surface area contributed by atoms with Crippen LogP contribution in [-0.2, 0) is 4.74 Å². The SMILES string of the molecule is Cc1ccc(C(=S)CC(C)C2CNCCO2)cc1. The molecule has 3 heteroatoms. The van der Waals surface area contributed by atoms with E-state index in [1.54, 1.807) is 0 Å². The quantitative estimate of drug-likeness (QED) is 0.666. The number of thiocarbonyl (C=S) groups is 1. The summed E-state index contributed by atoms with van der Waals surface area (Å²) in [6.45, 7) is 7.03. The fourth-order valence-corrected chi connectivity index (χ4v) is 2.63. The molecular formula is C15H21NOS. The maximum Gasteiger partial charge on any atom is 0.0729 e. The number of rotatable bonds is 4. The van der Waals surface area contributed by atoms with Crippen LogP contribution in [0.3, 0.4) is 0 Å². The van der Waals surface area contributed by atoms with E-state index in [4.69, 9.17) is 17.0 Å². The van der Waals surface area contributed by atoms with Crippen molar-refractivity contribution in [3.8, 4) is 0 Å². The standard InChI is InChI=1S/C15H21NOS/c1-11-3-5-13(6-4-11)15(18)9-12(2)14-10-16-7-8-17-14/h3-6,12,14,16H,7-10H2,1-2H3. The Balaban J connectivity index is 1.91. The molecule has 2 nitrogen and oxygen atoms in total. The van der Waals surface area contributed by atoms with E-state index >= 15 is 0 Å². The summed E-state index contributed by atoms with van der Waals surface area (Å²) in [6.07, 6.45) is 1.22. The molecule has 1 heterocycles. The monoisotopic (exact) mass is 263 g/mol. The van der Waals surface area contributed by atoms with Gasteiger partial charge in [-0.2, -0.15) is 0 Å². The van der Waals surface area contributed by atoms with Gasteiger partial charge in [-0.1, -0.05) is 49.0 Å². The molecule has 1 aromatic rings. The lowest BCUT2D eigenvalue weighted by molar-refractivity contribution is -0.00224. The fourth-order valence-electron chi connectivity index (χ4n) is 2.23. The van der Waals surface area contributed by atoms with Gasteiger partial charge in [0.15, 0.2) is 0 Å². The van der Waals surface area contributed by atoms with Gasteiger partial charge in [0.25, 0.3) is 0 Å². The molecule has 0 amide bonds. The predicted molar refractivity (Wildman–Crippen MR) is 79.3 cm³/mol. The summed E-state index contributed by atoms with van der Waals surface area (Å²) in [6, 6.07) is 8.46. The van der Waals surface area contributed by atoms with Gasteiger partial charge in [0.05, 0.1) is 12.7 Å². The molecule has 0 bridgehead atoms. The summed E-state index contributed by atoms with van der Waals surface area (Å²) in [5.74, 6) is 0.464. The normalized spacial score (nSPS) is 21.6. The molecule has 0 spiro atoms. The van der Waals surface area contributed by atoms with E-state index < -0.39 is 0 Å². The van der Waals surface area contributed by atoms with Gasteiger partial charge in [-0.3, -0.25) is 0 Å². The molecule has 0 radical (unpaired) electrons. The third-order valence-corrected chi connectivity index (χ3v) is 3.87. The number of nitrogens with one attached hydrogen (secondary N) is 1. The summed E-state index contributed by atoms with van der Waals surface area (Å²) in [7, 11) is 0. The summed E-state index contributed by atoms with van der Waals surface area (Å²) in [5.41, 5.74) is 2.45. The second-order valence-electron chi connectivity index (χ2n) is 5.08. The molecular weight excluding hydrogens is 242 g/mol. The highest BCUT2D eigenvalue weighted by Gasteiger charge is 2.21. The van der Waals surface area contributed by atoms with Gasteiger partial charge in [0.1, 0.15) is 0 Å². The molecule has 1 saturated heterocycles. The Morgan fingerprint density at radius 3 is 2.78 bits per heavy atom. The topological polar surface area (TPSA) is 21.3 Å². The van der Waals surface area contributed by atoms with Gasteiger partial charge in [-0.25, -0.2) is 0 Å². The Bertz CT molecular complexity index is 395. The number of hydrogen-bond donors (Lipinski definition) is 1. The van der Waals surface area contributed by atoms with Crippen LogP contribution in [0.2, 0.25) is 0 Å². The van der Waals surface area contributed by atoms with Gasteiger partial charge >= 0.3 is 0 Å². The van der Waals surface area contributed by atoms with E-state index in [1.807, 2.05) is 0 Å². The third kappa shape index (κ3) is 3.61. The van der Waals surface area contributed by atoms with Gasteiger partial charge < -0.3 is 10.1 Å². The van der Waals surface area contributed by atoms with Crippen LogP contribution in [-0.4, -0.2) is 30.7 Å². The molecule has 0 aliphatic carbocycles. The van der Waals surface area contributed by atoms with Crippen LogP contribution in [0.15, 0.2) is 24.3 Å². The van der Waals surface area contributed by atoms with E-state index in [9.17, 15) is 0 Å². The Morgan fingerprint density at radius 2 is 2.17 bits per heavy atom. The zero-order chi connectivity index (χ0) is 13.0. The van der Waals surface area contributed by atoms with Crippen LogP contribution in [0.1, 0.15) is 24.5 Å². The van der Waals surface area contributed by atoms with Crippen LogP contribution in [0.25, 0.3) is 0 Å². The van der Waals surface area contributed by atoms with Gasteiger partial charge in [0, 0.05) is 18.0 Å². The van der Waals surface area contributed by atoms with Crippen LogP contribution >= 0.6 is 12.2 Å². The first-order valence-electron chi connectivity index (χ1n) is 6.59. The van der Waals surface area contributed by atoms with Crippen molar-refractivity contribution >= 4 is 17.1 Å². The zero-order valence-corrected chi connectivity index (χ0v) is 11.9. The molecule has 0 aromatic heterocycles. The molecule has 0 saturated carbocycles. The van der Waals surface area contributed by atoms with Gasteiger partial charge in [0.2, 0.25) is 0 Å². The summed E-state index contributed by atoms with van der Waals surface area (Å²) >= 11 is 5.53. The second-order valence-corrected chi connectivity index (χ2v) is 5.58. The van der Waals surface area contributed by atoms with E-state index in [-0.39, 0.29) is 0 Å². The molecule has 1 aliphatic rings. The maximum atomic E-state index is 5.77. The molecule has 1 fully saturated rings. The minimum Gasteiger partial charge on any atom is -0.375 e. The average molecular weight is 263 g/mol. The molecule has 1 aliphatic heterocycles. The van der Waals surface area contributed by atoms with Crippen LogP contribution in [0.4, 0.5) is 0 Å². The zero-order valence-electron chi connectivity index (χ0n) is 11.1. The highest BCUT2D eigenvalue weighted by molar-refractivity contribution is 7.80. The van der Waals surface area contributed by atoms with Crippen molar-refractivity contribution in [3.63, 3.8) is 0 Å². The van der Waals surface area contributed by atoms with Crippen molar-refractivity contribution in [2.45, 2.75) is 26.4 Å². The molecule has 2 unspecified atom stereocenters. The molecule has 1 N–H and O–H groups in total. The van der Waals surface area contributed by atoms with Crippen LogP contribution in [0, 0.1) is 12.8 Å². The first-order valence-corrected chi connectivity index (χ1v) is 7.00. The minimum atomic E-state index is 0.294. The summed E-state index contributed by atoms with van der Waals surface area (Å²) in [5, 5.41) is 3.37. The lowest BCUT2D eigenvalue weighted by atomic mass is 9.95. The second kappa shape index (κ2) is 6.41. The van der Waals surface area contributed by atoms with Crippen molar-refractivity contribution in [3.05, 3.63) is 35.4 Å². The van der Waals surface area contributed by atoms with Gasteiger partial charge in [-0.05, 0) is 24.8 Å². The van der Waals surface area contributed by atoms with Crippen LogP contribution in [0.5, 0.6) is 0 Å². The highest BCUT2D eigenvalue weighted by Crippen LogP contribution is 2.18. The lowest BCUT2D eigenvalue weighted by Crippen LogP contribution is -2.42. The van der Waals surface area contributed by atoms with E-state index in [0.29, 0.717) is 12.0 Å². The highest BCUT2D eigenvalue weighted by atomic mass is 32.1. The first-order chi connectivity index (χ1) is 8.66. The molecule has 18 heavy (non-hydrogen) atoms. The summed E-state index contributed by atoms with van der Waals surface area (Å²) in [4.78, 5) is 1.04. The average Bonchev–Trinajstić information content (AvgIpc) is 2.40. The molecule has 2 atom stereocenters. The van der Waals surface area contributed by atoms with Crippen LogP contribution < -0.4 is 5.32 Å². The predicted octanol–water partition coefficient (Wildman–Crippen LogP) is 2.73. The largest absolute Gasteiger partial charge is 0.375 e. The van der Waals surface area contributed by atoms with Gasteiger partial charge in [-0.15, -0.1) is 0 Å². The van der Waals surface area contributed by atoms with E-state index in [1.165, 1.54) is 11.1 Å². The molecule has 2 rings (SSSR count). The number of aryl methyl sites for hydroxylation is 1. The Labute approximate surface area is 115 Å². The van der Waals surface area contributed by atoms with E-state index in [0.717, 1.165) is 31.0 Å². The third-order valence-electron chi connectivity index (χ3n) is 3.47. The molecule has 1 aromatic carbocycles. The first kappa shape index (κ1) is 13.7. The lowest BCUT2D eigenvalue weighted by Gasteiger charge is -2.29. The number of hydrogen-bond acceptors (Lipinski definition) is 3.